The van der Waals surface area contributed by atoms with Gasteiger partial charge < -0.3 is 0 Å². The van der Waals surface area contributed by atoms with Gasteiger partial charge in [-0.05, 0) is 30.7 Å². The molecule has 0 atom stereocenters. The zero-order valence-electron chi connectivity index (χ0n) is 11.5. The largest absolute Gasteiger partial charge is 0.273 e. The minimum Gasteiger partial charge on any atom is -0.273 e. The Morgan fingerprint density at radius 3 is 2.33 bits per heavy atom. The molecular weight excluding hydrogens is 271 g/mol. The summed E-state index contributed by atoms with van der Waals surface area (Å²) in [7, 11) is 0. The fourth-order valence-corrected chi connectivity index (χ4v) is 1.76. The van der Waals surface area contributed by atoms with Crippen LogP contribution in [-0.2, 0) is 11.2 Å². The molecule has 0 saturated heterocycles. The summed E-state index contributed by atoms with van der Waals surface area (Å²) >= 11 is 0. The summed E-state index contributed by atoms with van der Waals surface area (Å²) in [5.41, 5.74) is 6.31. The summed E-state index contributed by atoms with van der Waals surface area (Å²) in [5.74, 6) is -1.35. The van der Waals surface area contributed by atoms with E-state index in [4.69, 9.17) is 0 Å². The fraction of sp³-hybridized carbons (Fsp3) is 0.125. The van der Waals surface area contributed by atoms with Gasteiger partial charge in [0.25, 0.3) is 5.91 Å². The van der Waals surface area contributed by atoms with Crippen LogP contribution in [0.1, 0.15) is 21.5 Å². The van der Waals surface area contributed by atoms with Gasteiger partial charge >= 0.3 is 0 Å². The molecule has 0 heterocycles. The van der Waals surface area contributed by atoms with Crippen LogP contribution in [0.4, 0.5) is 4.39 Å². The highest BCUT2D eigenvalue weighted by Crippen LogP contribution is 2.06. The molecule has 21 heavy (non-hydrogen) atoms. The lowest BCUT2D eigenvalue weighted by molar-refractivity contribution is -0.121. The van der Waals surface area contributed by atoms with E-state index in [1.807, 2.05) is 6.92 Å². The first-order valence-electron chi connectivity index (χ1n) is 6.45. The molecule has 2 N–H and O–H groups in total. The smallest absolute Gasteiger partial charge is 0.269 e. The van der Waals surface area contributed by atoms with Gasteiger partial charge in [0, 0.05) is 5.56 Å². The normalized spacial score (nSPS) is 10.0. The predicted octanol–water partition coefficient (Wildman–Crippen LogP) is 2.14. The lowest BCUT2D eigenvalue weighted by Gasteiger charge is -2.08. The number of amides is 2. The Kier molecular flexibility index (Phi) is 4.66. The number of aryl methyl sites for hydroxylation is 1. The summed E-state index contributed by atoms with van der Waals surface area (Å²) in [6, 6.07) is 12.9. The number of hydrogen-bond donors (Lipinski definition) is 2. The second-order valence-corrected chi connectivity index (χ2v) is 4.64. The molecule has 2 amide bonds. The summed E-state index contributed by atoms with van der Waals surface area (Å²) in [6.45, 7) is 1.91. The van der Waals surface area contributed by atoms with E-state index in [-0.39, 0.29) is 12.0 Å². The number of halogens is 1. The van der Waals surface area contributed by atoms with Crippen LogP contribution in [0.2, 0.25) is 0 Å². The van der Waals surface area contributed by atoms with Crippen LogP contribution in [0.15, 0.2) is 48.5 Å². The van der Waals surface area contributed by atoms with Crippen LogP contribution in [0.25, 0.3) is 0 Å². The zero-order valence-corrected chi connectivity index (χ0v) is 11.5. The van der Waals surface area contributed by atoms with Gasteiger partial charge in [0.2, 0.25) is 5.91 Å². The maximum atomic E-state index is 13.4. The lowest BCUT2D eigenvalue weighted by Crippen LogP contribution is -2.42. The van der Waals surface area contributed by atoms with Gasteiger partial charge in [-0.3, -0.25) is 20.4 Å². The molecule has 0 spiro atoms. The number of rotatable bonds is 3. The van der Waals surface area contributed by atoms with Crippen LogP contribution in [-0.4, -0.2) is 11.8 Å². The van der Waals surface area contributed by atoms with E-state index in [1.54, 1.807) is 36.4 Å². The second kappa shape index (κ2) is 6.65. The van der Waals surface area contributed by atoms with Crippen molar-refractivity contribution in [2.75, 3.05) is 0 Å². The number of hydrogen-bond acceptors (Lipinski definition) is 2. The monoisotopic (exact) mass is 286 g/mol. The van der Waals surface area contributed by atoms with Crippen molar-refractivity contribution >= 4 is 11.8 Å². The maximum Gasteiger partial charge on any atom is 0.269 e. The van der Waals surface area contributed by atoms with Crippen molar-refractivity contribution in [3.63, 3.8) is 0 Å². The van der Waals surface area contributed by atoms with E-state index in [0.717, 1.165) is 5.56 Å². The number of benzene rings is 2. The standard InChI is InChI=1S/C16H15FN2O2/c1-11-6-8-12(9-7-11)16(21)19-18-15(20)10-13-4-2-3-5-14(13)17/h2-9H,10H2,1H3,(H,18,20)(H,19,21). The minimum atomic E-state index is -0.486. The third kappa shape index (κ3) is 4.14. The van der Waals surface area contributed by atoms with E-state index < -0.39 is 17.6 Å². The molecule has 0 bridgehead atoms. The Bertz CT molecular complexity index is 654. The van der Waals surface area contributed by atoms with Crippen molar-refractivity contribution in [1.82, 2.24) is 10.9 Å². The summed E-state index contributed by atoms with van der Waals surface area (Å²) in [5, 5.41) is 0. The topological polar surface area (TPSA) is 58.2 Å². The molecule has 0 unspecified atom stereocenters. The van der Waals surface area contributed by atoms with Crippen LogP contribution >= 0.6 is 0 Å². The molecule has 0 aliphatic rings. The first-order valence-corrected chi connectivity index (χ1v) is 6.45. The molecule has 0 saturated carbocycles. The molecule has 0 aliphatic heterocycles. The van der Waals surface area contributed by atoms with Crippen molar-refractivity contribution in [3.8, 4) is 0 Å². The van der Waals surface area contributed by atoms with Gasteiger partial charge in [-0.25, -0.2) is 4.39 Å². The highest BCUT2D eigenvalue weighted by molar-refractivity contribution is 5.95. The molecule has 5 heteroatoms. The highest BCUT2D eigenvalue weighted by Gasteiger charge is 2.09. The first-order chi connectivity index (χ1) is 10.1. The van der Waals surface area contributed by atoms with E-state index in [0.29, 0.717) is 5.56 Å². The Labute approximate surface area is 122 Å². The van der Waals surface area contributed by atoms with Gasteiger partial charge in [-0.15, -0.1) is 0 Å². The van der Waals surface area contributed by atoms with E-state index in [9.17, 15) is 14.0 Å². The molecular formula is C16H15FN2O2. The molecule has 2 aromatic rings. The van der Waals surface area contributed by atoms with Crippen molar-refractivity contribution in [2.45, 2.75) is 13.3 Å². The quantitative estimate of drug-likeness (QED) is 0.849. The third-order valence-corrected chi connectivity index (χ3v) is 2.94. The Morgan fingerprint density at radius 1 is 1.00 bits per heavy atom. The van der Waals surface area contributed by atoms with Gasteiger partial charge in [0.1, 0.15) is 5.82 Å². The van der Waals surface area contributed by atoms with Gasteiger partial charge in [0.15, 0.2) is 0 Å². The number of nitrogens with one attached hydrogen (secondary N) is 2. The van der Waals surface area contributed by atoms with E-state index in [2.05, 4.69) is 10.9 Å². The van der Waals surface area contributed by atoms with E-state index >= 15 is 0 Å². The first kappa shape index (κ1) is 14.7. The van der Waals surface area contributed by atoms with Crippen LogP contribution < -0.4 is 10.9 Å². The number of hydrazine groups is 1. The molecule has 2 aromatic carbocycles. The van der Waals surface area contributed by atoms with Gasteiger partial charge in [-0.2, -0.15) is 0 Å². The van der Waals surface area contributed by atoms with Crippen molar-refractivity contribution < 1.29 is 14.0 Å². The summed E-state index contributed by atoms with van der Waals surface area (Å²) < 4.78 is 13.4. The van der Waals surface area contributed by atoms with Gasteiger partial charge in [-0.1, -0.05) is 35.9 Å². The predicted molar refractivity (Wildman–Crippen MR) is 76.9 cm³/mol. The SMILES string of the molecule is Cc1ccc(C(=O)NNC(=O)Cc2ccccc2F)cc1. The summed E-state index contributed by atoms with van der Waals surface area (Å²) in [6.07, 6.45) is -0.138. The Morgan fingerprint density at radius 2 is 1.67 bits per heavy atom. The van der Waals surface area contributed by atoms with Crippen molar-refractivity contribution in [1.29, 1.82) is 0 Å². The maximum absolute atomic E-state index is 13.4. The molecule has 0 fully saturated rings. The average Bonchev–Trinajstić information content (AvgIpc) is 2.48. The van der Waals surface area contributed by atoms with Gasteiger partial charge in [0.05, 0.1) is 6.42 Å². The fourth-order valence-electron chi connectivity index (χ4n) is 1.76. The highest BCUT2D eigenvalue weighted by atomic mass is 19.1. The molecule has 0 aromatic heterocycles. The molecule has 0 aliphatic carbocycles. The second-order valence-electron chi connectivity index (χ2n) is 4.64. The average molecular weight is 286 g/mol. The third-order valence-electron chi connectivity index (χ3n) is 2.94. The Hall–Kier alpha value is -2.69. The number of carbonyl (C=O) groups is 2. The lowest BCUT2D eigenvalue weighted by atomic mass is 10.1. The van der Waals surface area contributed by atoms with Crippen molar-refractivity contribution in [3.05, 3.63) is 71.0 Å². The summed E-state index contributed by atoms with van der Waals surface area (Å²) in [4.78, 5) is 23.4. The molecule has 0 radical (unpaired) electrons. The van der Waals surface area contributed by atoms with Crippen LogP contribution in [0, 0.1) is 12.7 Å². The molecule has 108 valence electrons. The van der Waals surface area contributed by atoms with Crippen LogP contribution in [0.5, 0.6) is 0 Å². The molecule has 2 rings (SSSR count). The minimum absolute atomic E-state index is 0.138. The zero-order chi connectivity index (χ0) is 15.2. The number of carbonyl (C=O) groups excluding carboxylic acids is 2. The van der Waals surface area contributed by atoms with E-state index in [1.165, 1.54) is 12.1 Å². The Balaban J connectivity index is 1.88. The van der Waals surface area contributed by atoms with Crippen LogP contribution in [0.3, 0.4) is 0 Å². The molecule has 4 nitrogen and oxygen atoms in total. The van der Waals surface area contributed by atoms with Crippen molar-refractivity contribution in [2.24, 2.45) is 0 Å².